The van der Waals surface area contributed by atoms with Crippen molar-refractivity contribution in [3.05, 3.63) is 35.9 Å². The number of ketones is 1. The summed E-state index contributed by atoms with van der Waals surface area (Å²) >= 11 is 1.07. The first-order chi connectivity index (χ1) is 26.5. The van der Waals surface area contributed by atoms with Crippen LogP contribution in [0.25, 0.3) is 0 Å². The Hall–Kier alpha value is -4.67. The van der Waals surface area contributed by atoms with Crippen LogP contribution in [0, 0.1) is 11.8 Å². The van der Waals surface area contributed by atoms with Gasteiger partial charge in [-0.05, 0) is 71.8 Å². The van der Waals surface area contributed by atoms with Gasteiger partial charge >= 0.3 is 18.0 Å². The Morgan fingerprint density at radius 3 is 1.91 bits per heavy atom. The summed E-state index contributed by atoms with van der Waals surface area (Å²) in [5.41, 5.74) is -0.394. The molecule has 0 heterocycles. The van der Waals surface area contributed by atoms with E-state index in [9.17, 15) is 38.4 Å². The second-order valence-corrected chi connectivity index (χ2v) is 17.4. The van der Waals surface area contributed by atoms with Gasteiger partial charge < -0.3 is 40.8 Å². The SMILES string of the molecule is CCCC(NC(=O)[C@H](CC(C)C)NC(=O)[C@@H](NC(=O)OCC(C)C)C(C)(C)SCC(=O)OCC)C(=O)C(=O)NCC(=O)N[C@H](C(=O)OC(C)(C)C)c1ccccc1. The number of ether oxygens (including phenoxy) is 3. The molecule has 0 fully saturated rings. The number of thioether (sulfide) groups is 1. The average Bonchev–Trinajstić information content (AvgIpc) is 3.11. The van der Waals surface area contributed by atoms with Crippen LogP contribution in [0.3, 0.4) is 0 Å². The maximum absolute atomic E-state index is 13.9. The lowest BCUT2D eigenvalue weighted by molar-refractivity contribution is -0.159. The van der Waals surface area contributed by atoms with Crippen LogP contribution in [0.4, 0.5) is 4.79 Å². The van der Waals surface area contributed by atoms with Crippen LogP contribution in [-0.2, 0) is 47.8 Å². The molecule has 17 heteroatoms. The Balaban J connectivity index is 3.18. The smallest absolute Gasteiger partial charge is 0.407 e. The first-order valence-corrected chi connectivity index (χ1v) is 20.2. The molecule has 5 amide bonds. The molecule has 320 valence electrons. The molecule has 0 spiro atoms. The predicted molar refractivity (Wildman–Crippen MR) is 216 cm³/mol. The van der Waals surface area contributed by atoms with E-state index in [1.807, 2.05) is 27.7 Å². The van der Waals surface area contributed by atoms with Gasteiger partial charge in [0.2, 0.25) is 23.5 Å². The van der Waals surface area contributed by atoms with Crippen molar-refractivity contribution in [2.24, 2.45) is 11.8 Å². The van der Waals surface area contributed by atoms with Crippen molar-refractivity contribution < 1.29 is 52.6 Å². The highest BCUT2D eigenvalue weighted by atomic mass is 32.2. The molecule has 1 unspecified atom stereocenters. The van der Waals surface area contributed by atoms with E-state index in [2.05, 4.69) is 26.6 Å². The molecular formula is C40H63N5O11S. The number of alkyl carbamates (subject to hydrolysis) is 1. The maximum atomic E-state index is 13.9. The van der Waals surface area contributed by atoms with Gasteiger partial charge in [-0.2, -0.15) is 0 Å². The van der Waals surface area contributed by atoms with Crippen molar-refractivity contribution in [3.63, 3.8) is 0 Å². The van der Waals surface area contributed by atoms with E-state index in [1.165, 1.54) is 0 Å². The highest BCUT2D eigenvalue weighted by Gasteiger charge is 2.40. The molecule has 0 aromatic heterocycles. The molecule has 0 aliphatic heterocycles. The van der Waals surface area contributed by atoms with Crippen LogP contribution in [0.15, 0.2) is 30.3 Å². The third-order valence-corrected chi connectivity index (χ3v) is 9.26. The molecule has 0 saturated carbocycles. The number of esters is 2. The summed E-state index contributed by atoms with van der Waals surface area (Å²) in [6, 6.07) is 3.39. The fourth-order valence-corrected chi connectivity index (χ4v) is 6.08. The Bertz CT molecular complexity index is 1530. The van der Waals surface area contributed by atoms with E-state index < -0.39 is 88.5 Å². The third-order valence-electron chi connectivity index (χ3n) is 7.90. The third kappa shape index (κ3) is 19.4. The van der Waals surface area contributed by atoms with Gasteiger partial charge in [0, 0.05) is 4.75 Å². The van der Waals surface area contributed by atoms with Gasteiger partial charge in [0.1, 0.15) is 17.7 Å². The van der Waals surface area contributed by atoms with Crippen LogP contribution in [-0.4, -0.2) is 101 Å². The molecule has 1 aromatic rings. The summed E-state index contributed by atoms with van der Waals surface area (Å²) in [6.45, 7) is 18.7. The fourth-order valence-electron chi connectivity index (χ4n) is 5.18. The van der Waals surface area contributed by atoms with Crippen molar-refractivity contribution in [3.8, 4) is 0 Å². The average molecular weight is 822 g/mol. The molecule has 0 saturated heterocycles. The molecule has 16 nitrogen and oxygen atoms in total. The van der Waals surface area contributed by atoms with E-state index >= 15 is 0 Å². The monoisotopic (exact) mass is 821 g/mol. The Morgan fingerprint density at radius 2 is 1.37 bits per heavy atom. The van der Waals surface area contributed by atoms with Crippen molar-refractivity contribution in [2.75, 3.05) is 25.5 Å². The zero-order chi connectivity index (χ0) is 43.5. The van der Waals surface area contributed by atoms with Crippen LogP contribution >= 0.6 is 11.8 Å². The number of hydrogen-bond donors (Lipinski definition) is 5. The molecule has 0 radical (unpaired) electrons. The number of rotatable bonds is 23. The van der Waals surface area contributed by atoms with Gasteiger partial charge in [0.05, 0.1) is 31.6 Å². The van der Waals surface area contributed by atoms with E-state index in [-0.39, 0.29) is 43.6 Å². The highest BCUT2D eigenvalue weighted by Crippen LogP contribution is 2.29. The summed E-state index contributed by atoms with van der Waals surface area (Å²) < 4.78 is 14.6. The lowest BCUT2D eigenvalue weighted by Crippen LogP contribution is -2.61. The Morgan fingerprint density at radius 1 is 0.754 bits per heavy atom. The molecule has 1 rings (SSSR count). The zero-order valence-electron chi connectivity index (χ0n) is 35.2. The van der Waals surface area contributed by atoms with Crippen LogP contribution in [0.1, 0.15) is 107 Å². The summed E-state index contributed by atoms with van der Waals surface area (Å²) in [5, 5.41) is 12.7. The van der Waals surface area contributed by atoms with Gasteiger partial charge in [-0.1, -0.05) is 71.4 Å². The fraction of sp³-hybridized carbons (Fsp3) is 0.650. The van der Waals surface area contributed by atoms with Gasteiger partial charge in [-0.3, -0.25) is 28.8 Å². The molecule has 1 aromatic carbocycles. The number of carbonyl (C=O) groups is 8. The van der Waals surface area contributed by atoms with Crippen LogP contribution < -0.4 is 26.6 Å². The number of amides is 5. The molecular weight excluding hydrogens is 759 g/mol. The van der Waals surface area contributed by atoms with Gasteiger partial charge in [0.15, 0.2) is 6.04 Å². The lowest BCUT2D eigenvalue weighted by atomic mass is 9.98. The van der Waals surface area contributed by atoms with Crippen LogP contribution in [0.5, 0.6) is 0 Å². The summed E-state index contributed by atoms with van der Waals surface area (Å²) in [6.07, 6.45) is -0.299. The van der Waals surface area contributed by atoms with Crippen molar-refractivity contribution >= 4 is 59.2 Å². The van der Waals surface area contributed by atoms with E-state index in [0.29, 0.717) is 12.0 Å². The quantitative estimate of drug-likeness (QED) is 0.0608. The van der Waals surface area contributed by atoms with Crippen LogP contribution in [0.2, 0.25) is 0 Å². The minimum atomic E-state index is -1.31. The first-order valence-electron chi connectivity index (χ1n) is 19.2. The zero-order valence-corrected chi connectivity index (χ0v) is 36.0. The van der Waals surface area contributed by atoms with Gasteiger partial charge in [-0.25, -0.2) is 9.59 Å². The van der Waals surface area contributed by atoms with E-state index in [0.717, 1.165) is 11.8 Å². The summed E-state index contributed by atoms with van der Waals surface area (Å²) in [7, 11) is 0. The lowest BCUT2D eigenvalue weighted by Gasteiger charge is -2.34. The van der Waals surface area contributed by atoms with E-state index in [4.69, 9.17) is 14.2 Å². The molecule has 4 atom stereocenters. The molecule has 0 aliphatic carbocycles. The number of benzene rings is 1. The van der Waals surface area contributed by atoms with Gasteiger partial charge in [0.25, 0.3) is 5.91 Å². The second-order valence-electron chi connectivity index (χ2n) is 15.8. The number of carbonyl (C=O) groups excluding carboxylic acids is 8. The molecule has 57 heavy (non-hydrogen) atoms. The Labute approximate surface area is 340 Å². The molecule has 0 bridgehead atoms. The normalized spacial score (nSPS) is 13.6. The predicted octanol–water partition coefficient (Wildman–Crippen LogP) is 3.51. The number of nitrogens with one attached hydrogen (secondary N) is 5. The van der Waals surface area contributed by atoms with Crippen molar-refractivity contribution in [2.45, 2.75) is 130 Å². The second kappa shape index (κ2) is 24.2. The van der Waals surface area contributed by atoms with Crippen molar-refractivity contribution in [1.29, 1.82) is 0 Å². The minimum Gasteiger partial charge on any atom is -0.465 e. The first kappa shape index (κ1) is 50.3. The maximum Gasteiger partial charge on any atom is 0.407 e. The summed E-state index contributed by atoms with van der Waals surface area (Å²) in [4.78, 5) is 105. The summed E-state index contributed by atoms with van der Waals surface area (Å²) in [5.74, 6) is -5.91. The minimum absolute atomic E-state index is 0.0162. The molecule has 5 N–H and O–H groups in total. The highest BCUT2D eigenvalue weighted by molar-refractivity contribution is 8.01. The number of Topliss-reactive ketones (excluding diaryl/α,β-unsaturated/α-hetero) is 1. The molecule has 0 aliphatic rings. The van der Waals surface area contributed by atoms with Gasteiger partial charge in [-0.15, -0.1) is 11.8 Å². The Kier molecular flexibility index (Phi) is 21.4. The standard InChI is InChI=1S/C40H63N5O11S/c1-12-17-27(32(48)35(50)41-21-29(46)44-31(26-18-15-14-16-19-26)37(52)56-39(7,8)9)42-34(49)28(20-24(3)4)43-36(51)33(45-38(53)55-22-25(5)6)40(10,11)57-23-30(47)54-13-2/h14-16,18-19,24-25,27-28,31,33H,12-13,17,20-23H2,1-11H3,(H,41,50)(H,42,49)(H,43,51)(H,44,46)(H,45,53)/t27?,28-,31-,33+/m0/s1. The topological polar surface area (TPSA) is 224 Å². The van der Waals surface area contributed by atoms with E-state index in [1.54, 1.807) is 78.8 Å². The largest absolute Gasteiger partial charge is 0.465 e. The van der Waals surface area contributed by atoms with Crippen molar-refractivity contribution in [1.82, 2.24) is 26.6 Å². The number of hydrogen-bond acceptors (Lipinski definition) is 12.